The first kappa shape index (κ1) is 21.3. The Balaban J connectivity index is 1.50. The highest BCUT2D eigenvalue weighted by Crippen LogP contribution is 2.35. The number of hydrogen-bond donors (Lipinski definition) is 1. The molecule has 4 rings (SSSR count). The van der Waals surface area contributed by atoms with Crippen LogP contribution in [0, 0.1) is 17.5 Å². The molecule has 2 aromatic rings. The van der Waals surface area contributed by atoms with Crippen molar-refractivity contribution in [1.29, 1.82) is 0 Å². The van der Waals surface area contributed by atoms with Crippen LogP contribution in [0.3, 0.4) is 0 Å². The molecule has 1 aromatic heterocycles. The summed E-state index contributed by atoms with van der Waals surface area (Å²) < 4.78 is 80.6. The third-order valence-electron chi connectivity index (χ3n) is 5.60. The summed E-state index contributed by atoms with van der Waals surface area (Å²) in [5, 5.41) is 6.71. The molecule has 0 radical (unpaired) electrons. The van der Waals surface area contributed by atoms with Gasteiger partial charge in [0.1, 0.15) is 5.82 Å². The molecule has 1 unspecified atom stereocenters. The number of amides is 1. The lowest BCUT2D eigenvalue weighted by Gasteiger charge is -2.33. The van der Waals surface area contributed by atoms with Crippen LogP contribution in [-0.4, -0.2) is 38.2 Å². The molecule has 166 valence electrons. The Bertz CT molecular complexity index is 1060. The van der Waals surface area contributed by atoms with Crippen molar-refractivity contribution in [3.63, 3.8) is 0 Å². The predicted octanol–water partition coefficient (Wildman–Crippen LogP) is 2.89. The lowest BCUT2D eigenvalue weighted by atomic mass is 9.80. The minimum atomic E-state index is -4.64. The van der Waals surface area contributed by atoms with Gasteiger partial charge in [-0.2, -0.15) is 13.2 Å². The van der Waals surface area contributed by atoms with Crippen molar-refractivity contribution in [2.45, 2.75) is 44.1 Å². The highest BCUT2D eigenvalue weighted by Gasteiger charge is 2.40. The summed E-state index contributed by atoms with van der Waals surface area (Å²) in [5.74, 6) is -5.56. The fourth-order valence-corrected chi connectivity index (χ4v) is 4.02. The van der Waals surface area contributed by atoms with E-state index in [1.807, 2.05) is 0 Å². The lowest BCUT2D eigenvalue weighted by molar-refractivity contribution is -0.148. The molecule has 0 spiro atoms. The van der Waals surface area contributed by atoms with Crippen molar-refractivity contribution in [3.05, 3.63) is 58.4 Å². The largest absolute Gasteiger partial charge is 0.451 e. The van der Waals surface area contributed by atoms with Gasteiger partial charge in [-0.3, -0.25) is 4.79 Å². The van der Waals surface area contributed by atoms with Crippen molar-refractivity contribution >= 4 is 5.91 Å². The van der Waals surface area contributed by atoms with Crippen molar-refractivity contribution in [3.8, 4) is 0 Å². The van der Waals surface area contributed by atoms with Crippen LogP contribution in [0.15, 0.2) is 23.8 Å². The number of carbonyl (C=O) groups is 1. The number of alkyl halides is 3. The Morgan fingerprint density at radius 2 is 1.77 bits per heavy atom. The first-order valence-corrected chi connectivity index (χ1v) is 9.44. The van der Waals surface area contributed by atoms with E-state index >= 15 is 0 Å². The molecule has 12 heteroatoms. The number of allylic oxidation sites excluding steroid dienone is 1. The van der Waals surface area contributed by atoms with E-state index in [1.165, 1.54) is 4.90 Å². The maximum Gasteiger partial charge on any atom is 0.451 e. The number of nitrogens with two attached hydrogens (primary N) is 1. The van der Waals surface area contributed by atoms with E-state index in [2.05, 4.69) is 10.2 Å². The van der Waals surface area contributed by atoms with E-state index in [9.17, 15) is 31.1 Å². The van der Waals surface area contributed by atoms with Crippen LogP contribution < -0.4 is 5.73 Å². The van der Waals surface area contributed by atoms with E-state index in [0.717, 1.165) is 10.6 Å². The second kappa shape index (κ2) is 7.66. The Labute approximate surface area is 172 Å². The number of halogens is 6. The number of nitrogens with zero attached hydrogens (tertiary/aromatic N) is 4. The molecule has 6 nitrogen and oxygen atoms in total. The maximum absolute atomic E-state index is 14.1. The van der Waals surface area contributed by atoms with Gasteiger partial charge in [0.2, 0.25) is 11.7 Å². The van der Waals surface area contributed by atoms with Crippen molar-refractivity contribution < 1.29 is 31.1 Å². The van der Waals surface area contributed by atoms with E-state index < -0.39 is 47.3 Å². The quantitative estimate of drug-likeness (QED) is 0.570. The van der Waals surface area contributed by atoms with Gasteiger partial charge in [-0.1, -0.05) is 6.08 Å². The maximum atomic E-state index is 14.1. The lowest BCUT2D eigenvalue weighted by Crippen LogP contribution is -2.42. The summed E-state index contributed by atoms with van der Waals surface area (Å²) in [7, 11) is 0. The highest BCUT2D eigenvalue weighted by molar-refractivity contribution is 5.93. The van der Waals surface area contributed by atoms with Crippen LogP contribution >= 0.6 is 0 Å². The van der Waals surface area contributed by atoms with Crippen LogP contribution in [0.4, 0.5) is 26.3 Å². The third-order valence-corrected chi connectivity index (χ3v) is 5.60. The molecule has 31 heavy (non-hydrogen) atoms. The summed E-state index contributed by atoms with van der Waals surface area (Å²) in [6.07, 6.45) is -2.90. The van der Waals surface area contributed by atoms with Gasteiger partial charge >= 0.3 is 6.18 Å². The average Bonchev–Trinajstić information content (AvgIpc) is 3.14. The Hall–Kier alpha value is -2.89. The normalized spacial score (nSPS) is 21.6. The zero-order chi connectivity index (χ0) is 22.5. The SMILES string of the molecule is NC1CC(C(=O)N2CCn3c(nnc3C(F)(F)F)C2)=CC[C@@H]1c1cc(F)c(F)cc1F. The smallest absolute Gasteiger partial charge is 0.330 e. The number of hydrogen-bond acceptors (Lipinski definition) is 4. The molecule has 1 amide bonds. The van der Waals surface area contributed by atoms with E-state index in [-0.39, 0.29) is 43.9 Å². The first-order valence-electron chi connectivity index (χ1n) is 9.44. The van der Waals surface area contributed by atoms with Gasteiger partial charge in [-0.25, -0.2) is 13.2 Å². The molecular weight excluding hydrogens is 428 g/mol. The van der Waals surface area contributed by atoms with Crippen molar-refractivity contribution in [2.24, 2.45) is 5.73 Å². The summed E-state index contributed by atoms with van der Waals surface area (Å²) in [5.41, 5.74) is 6.37. The molecule has 0 bridgehead atoms. The van der Waals surface area contributed by atoms with Crippen molar-refractivity contribution in [2.75, 3.05) is 6.54 Å². The summed E-state index contributed by atoms with van der Waals surface area (Å²) in [4.78, 5) is 14.2. The van der Waals surface area contributed by atoms with Crippen LogP contribution in [0.25, 0.3) is 0 Å². The molecular formula is C19H17F6N5O. The molecule has 2 heterocycles. The molecule has 2 N–H and O–H groups in total. The van der Waals surface area contributed by atoms with Crippen LogP contribution in [0.2, 0.25) is 0 Å². The molecule has 0 saturated heterocycles. The Morgan fingerprint density at radius 1 is 1.06 bits per heavy atom. The van der Waals surface area contributed by atoms with Gasteiger partial charge in [0, 0.05) is 36.7 Å². The van der Waals surface area contributed by atoms with Crippen LogP contribution in [0.1, 0.15) is 36.0 Å². The number of fused-ring (bicyclic) bond motifs is 1. The average molecular weight is 445 g/mol. The van der Waals surface area contributed by atoms with Gasteiger partial charge in [0.25, 0.3) is 0 Å². The van der Waals surface area contributed by atoms with E-state index in [0.29, 0.717) is 11.6 Å². The number of aromatic nitrogens is 3. The van der Waals surface area contributed by atoms with Crippen LogP contribution in [-0.2, 0) is 24.1 Å². The van der Waals surface area contributed by atoms with E-state index in [1.54, 1.807) is 6.08 Å². The minimum absolute atomic E-state index is 0.0226. The number of rotatable bonds is 2. The standard InChI is InChI=1S/C19H17F6N5O/c20-12-7-14(22)13(21)6-11(12)10-2-1-9(5-15(10)26)17(31)29-3-4-30-16(8-29)27-28-18(30)19(23,24)25/h1,6-7,10,15H,2-5,8,26H2/t10-,15?/m1/s1. The van der Waals surface area contributed by atoms with Crippen LogP contribution in [0.5, 0.6) is 0 Å². The first-order chi connectivity index (χ1) is 14.6. The molecule has 0 fully saturated rings. The fraction of sp³-hybridized carbons (Fsp3) is 0.421. The van der Waals surface area contributed by atoms with Gasteiger partial charge in [-0.05, 0) is 24.5 Å². The predicted molar refractivity (Wildman–Crippen MR) is 94.8 cm³/mol. The fourth-order valence-electron chi connectivity index (χ4n) is 4.02. The molecule has 1 aliphatic carbocycles. The Morgan fingerprint density at radius 3 is 2.45 bits per heavy atom. The summed E-state index contributed by atoms with van der Waals surface area (Å²) in [6, 6.07) is 0.500. The summed E-state index contributed by atoms with van der Waals surface area (Å²) >= 11 is 0. The third kappa shape index (κ3) is 3.91. The molecule has 1 aromatic carbocycles. The molecule has 0 saturated carbocycles. The highest BCUT2D eigenvalue weighted by atomic mass is 19.4. The zero-order valence-electron chi connectivity index (χ0n) is 16.0. The Kier molecular flexibility index (Phi) is 5.28. The second-order valence-electron chi connectivity index (χ2n) is 7.54. The van der Waals surface area contributed by atoms with Gasteiger partial charge in [-0.15, -0.1) is 10.2 Å². The topological polar surface area (TPSA) is 77.0 Å². The monoisotopic (exact) mass is 445 g/mol. The molecule has 1 aliphatic heterocycles. The second-order valence-corrected chi connectivity index (χ2v) is 7.54. The van der Waals surface area contributed by atoms with Gasteiger partial charge in [0.05, 0.1) is 6.54 Å². The van der Waals surface area contributed by atoms with Crippen molar-refractivity contribution in [1.82, 2.24) is 19.7 Å². The summed E-state index contributed by atoms with van der Waals surface area (Å²) in [6.45, 7) is -0.221. The minimum Gasteiger partial charge on any atom is -0.330 e. The number of benzene rings is 1. The van der Waals surface area contributed by atoms with Gasteiger partial charge in [0.15, 0.2) is 17.5 Å². The van der Waals surface area contributed by atoms with E-state index in [4.69, 9.17) is 5.73 Å². The molecule has 2 atom stereocenters. The number of carbonyl (C=O) groups excluding carboxylic acids is 1. The zero-order valence-corrected chi connectivity index (χ0v) is 16.0. The van der Waals surface area contributed by atoms with Gasteiger partial charge < -0.3 is 15.2 Å². The molecule has 2 aliphatic rings.